The van der Waals surface area contributed by atoms with Gasteiger partial charge in [-0.3, -0.25) is 76.7 Å². The fourth-order valence-electron chi connectivity index (χ4n) is 13.6. The Bertz CT molecular complexity index is 3780. The first-order chi connectivity index (χ1) is 55.3. The molecule has 0 saturated carbocycles. The number of nitrogens with one attached hydrogen (secondary N) is 13. The molecule has 1 aromatic heterocycles. The Morgan fingerprint density at radius 2 is 0.847 bits per heavy atom. The molecule has 0 aliphatic carbocycles. The van der Waals surface area contributed by atoms with Crippen molar-refractivity contribution in [3.8, 4) is 0 Å². The Labute approximate surface area is 688 Å². The quantitative estimate of drug-likeness (QED) is 0.0389. The second kappa shape index (κ2) is 47.7. The molecule has 14 amide bonds. The van der Waals surface area contributed by atoms with Gasteiger partial charge < -0.3 is 105 Å². The number of nitrogens with zero attached hydrogens (tertiary/aromatic N) is 3. The number of rotatable bonds is 48. The highest BCUT2D eigenvalue weighted by Crippen LogP contribution is 2.24. The molecule has 0 unspecified atom stereocenters. The summed E-state index contributed by atoms with van der Waals surface area (Å²) in [6.45, 7) is 25.8. The first-order valence-electron chi connectivity index (χ1n) is 40.7. The van der Waals surface area contributed by atoms with E-state index in [1.165, 1.54) is 38.2 Å². The predicted octanol–water partition coefficient (Wildman–Crippen LogP) is -0.701. The fraction of sp³-hybridized carbons (Fsp3) is 0.675. The number of hydrogen-bond acceptors (Lipinski definition) is 20. The Morgan fingerprint density at radius 3 is 1.33 bits per heavy atom. The second-order valence-electron chi connectivity index (χ2n) is 32.6. The molecule has 2 saturated heterocycles. The zero-order chi connectivity index (χ0) is 88.9. The SMILES string of the molecule is CC[C@H](C)[C@H](N)C(=O)N[C@@H](CC(C)C)C(=O)N[C@@H](Cc1ccccc1)C(=O)N[C@@H](CCC(=O)O)C(=O)N[C@H](C(=O)N1CCC[C@H]1C(=O)N[C@@H](CCC(=O)O)C(=O)N[C@H](C(=O)N[C@H](C(=O)N[C@H](C(=O)N[C@@H](C)C(=O)N1CCC[C@H]1C(=O)N[C@H](C(=O)N[C@@H](Cc1cnc[nH]1)C(=O)N[C@H](C(=O)O)[C@@H](C)CC)C(C)C)C(C)C)[C@@H](C)O)C(C)C)C(C)C. The summed E-state index contributed by atoms with van der Waals surface area (Å²) in [6, 6.07) is -12.3. The minimum atomic E-state index is -1.83. The summed E-state index contributed by atoms with van der Waals surface area (Å²) in [5.41, 5.74) is 7.24. The van der Waals surface area contributed by atoms with E-state index in [4.69, 9.17) is 5.73 Å². The van der Waals surface area contributed by atoms with Crippen molar-refractivity contribution in [3.63, 3.8) is 0 Å². The number of aliphatic carboxylic acids is 3. The lowest BCUT2D eigenvalue weighted by Gasteiger charge is -2.33. The van der Waals surface area contributed by atoms with Crippen LogP contribution in [0.1, 0.15) is 193 Å². The summed E-state index contributed by atoms with van der Waals surface area (Å²) in [4.78, 5) is 244. The summed E-state index contributed by atoms with van der Waals surface area (Å²) in [7, 11) is 0. The van der Waals surface area contributed by atoms with Crippen LogP contribution in [0.5, 0.6) is 0 Å². The third-order valence-electron chi connectivity index (χ3n) is 21.2. The third kappa shape index (κ3) is 30.4. The molecule has 2 aliphatic rings. The number of H-pyrrole nitrogens is 1. The summed E-state index contributed by atoms with van der Waals surface area (Å²) in [5.74, 6) is -19.8. The number of carbonyl (C=O) groups excluding carboxylic acids is 14. The minimum Gasteiger partial charge on any atom is -0.481 e. The highest BCUT2D eigenvalue weighted by Gasteiger charge is 2.45. The van der Waals surface area contributed by atoms with Gasteiger partial charge in [0.05, 0.1) is 18.5 Å². The average molecular weight is 1660 g/mol. The van der Waals surface area contributed by atoms with E-state index in [-0.39, 0.29) is 63.5 Å². The van der Waals surface area contributed by atoms with Gasteiger partial charge in [-0.1, -0.05) is 140 Å². The molecule has 19 N–H and O–H groups in total. The van der Waals surface area contributed by atoms with Crippen LogP contribution in [0, 0.1) is 41.4 Å². The van der Waals surface area contributed by atoms with Crippen LogP contribution < -0.4 is 69.5 Å². The van der Waals surface area contributed by atoms with Crippen molar-refractivity contribution in [1.82, 2.24) is 83.6 Å². The number of likely N-dealkylation sites (tertiary alicyclic amines) is 2. The van der Waals surface area contributed by atoms with Gasteiger partial charge in [-0.25, -0.2) is 9.78 Å². The van der Waals surface area contributed by atoms with Gasteiger partial charge >= 0.3 is 17.9 Å². The molecule has 38 nitrogen and oxygen atoms in total. The number of hydrogen-bond donors (Lipinski definition) is 18. The second-order valence-corrected chi connectivity index (χ2v) is 32.6. The van der Waals surface area contributed by atoms with Crippen LogP contribution in [0.4, 0.5) is 0 Å². The third-order valence-corrected chi connectivity index (χ3v) is 21.2. The first-order valence-corrected chi connectivity index (χ1v) is 40.7. The summed E-state index contributed by atoms with van der Waals surface area (Å²) >= 11 is 0. The molecule has 658 valence electrons. The number of imidazole rings is 1. The van der Waals surface area contributed by atoms with Crippen LogP contribution >= 0.6 is 0 Å². The number of carbonyl (C=O) groups is 17. The Morgan fingerprint density at radius 1 is 0.449 bits per heavy atom. The van der Waals surface area contributed by atoms with Gasteiger partial charge in [0.1, 0.15) is 84.6 Å². The van der Waals surface area contributed by atoms with Gasteiger partial charge in [-0.2, -0.15) is 0 Å². The van der Waals surface area contributed by atoms with Gasteiger partial charge in [0.25, 0.3) is 0 Å². The number of carboxylic acids is 3. The molecule has 3 heterocycles. The van der Waals surface area contributed by atoms with Crippen LogP contribution in [0.2, 0.25) is 0 Å². The lowest BCUT2D eigenvalue weighted by molar-refractivity contribution is -0.144. The fourth-order valence-corrected chi connectivity index (χ4v) is 13.6. The Balaban J connectivity index is 1.48. The van der Waals surface area contributed by atoms with Crippen LogP contribution in [0.3, 0.4) is 0 Å². The van der Waals surface area contributed by atoms with Crippen LogP contribution in [0.15, 0.2) is 42.9 Å². The maximum atomic E-state index is 14.8. The van der Waals surface area contributed by atoms with E-state index in [1.54, 1.807) is 92.6 Å². The minimum absolute atomic E-state index is 0.00349. The smallest absolute Gasteiger partial charge is 0.326 e. The highest BCUT2D eigenvalue weighted by molar-refractivity contribution is 6.01. The molecule has 0 radical (unpaired) electrons. The van der Waals surface area contributed by atoms with Crippen molar-refractivity contribution in [2.24, 2.45) is 47.2 Å². The highest BCUT2D eigenvalue weighted by atomic mass is 16.4. The van der Waals surface area contributed by atoms with Crippen molar-refractivity contribution in [2.75, 3.05) is 13.1 Å². The van der Waals surface area contributed by atoms with Crippen LogP contribution in [0.25, 0.3) is 0 Å². The average Bonchev–Trinajstić information content (AvgIpc) is 1.61. The normalized spacial score (nSPS) is 18.2. The Hall–Kier alpha value is -10.7. The topological polar surface area (TPSA) is 577 Å². The van der Waals surface area contributed by atoms with E-state index in [0.29, 0.717) is 30.5 Å². The molecule has 1 aromatic carbocycles. The molecule has 0 spiro atoms. The number of aliphatic hydroxyl groups excluding tert-OH is 1. The van der Waals surface area contributed by atoms with Crippen molar-refractivity contribution in [1.29, 1.82) is 0 Å². The maximum absolute atomic E-state index is 14.8. The monoisotopic (exact) mass is 1660 g/mol. The summed E-state index contributed by atoms with van der Waals surface area (Å²) < 4.78 is 0. The number of carboxylic acid groups (broad SMARTS) is 3. The molecule has 18 atom stereocenters. The molecule has 0 bridgehead atoms. The standard InChI is InChI=1S/C80H127N17O21/c1-17-44(13)59(81)73(110)88-52(34-39(3)4)68(105)87-53(35-48-24-20-19-21-25-48)69(106)85-50(28-30-57(99)100)67(104)93-63(43(11)12)79(116)97-33-23-26-55(97)71(108)86-51(29-31-58(101)102)66(103)90-62(42(9)10)76(113)95-65(47(16)98)77(114)92-60(40(5)6)74(111)84-46(15)78(115)96-32-22-27-56(96)72(109)91-61(41(7)8)75(112)89-54(36-49-37-82-38-83-49)70(107)94-64(80(117)118)45(14)18-2/h19-21,24-25,37-47,50-56,59-65,98H,17-18,22-23,26-36,81H2,1-16H3,(H,82,83)(H,84,111)(H,85,106)(H,86,108)(H,87,105)(H,88,110)(H,89,112)(H,90,103)(H,91,109)(H,92,114)(H,93,104)(H,94,107)(H,95,113)(H,99,100)(H,101,102)(H,117,118)/t44-,45-,46-,47+,50-,51-,52-,53-,54-,55-,56-,59-,60-,61-,62-,63-,64-,65-/m0/s1. The van der Waals surface area contributed by atoms with E-state index in [1.807, 2.05) is 20.8 Å². The van der Waals surface area contributed by atoms with Crippen LogP contribution in [-0.4, -0.2) is 251 Å². The summed E-state index contributed by atoms with van der Waals surface area (Å²) in [5, 5.41) is 71.7. The maximum Gasteiger partial charge on any atom is 0.326 e. The van der Waals surface area contributed by atoms with Crippen LogP contribution in [-0.2, 0) is 94.3 Å². The van der Waals surface area contributed by atoms with Crippen molar-refractivity contribution in [2.45, 2.75) is 291 Å². The Kier molecular flexibility index (Phi) is 40.3. The molecular formula is C80H127N17O21. The van der Waals surface area contributed by atoms with Crippen molar-refractivity contribution in [3.05, 3.63) is 54.1 Å². The lowest BCUT2D eigenvalue weighted by atomic mass is 9.97. The molecule has 2 aliphatic heterocycles. The van der Waals surface area contributed by atoms with Gasteiger partial charge in [0.15, 0.2) is 0 Å². The molecule has 38 heteroatoms. The van der Waals surface area contributed by atoms with Gasteiger partial charge in [-0.15, -0.1) is 0 Å². The molecule has 118 heavy (non-hydrogen) atoms. The first kappa shape index (κ1) is 99.7. The predicted molar refractivity (Wildman–Crippen MR) is 429 cm³/mol. The largest absolute Gasteiger partial charge is 0.481 e. The number of nitrogens with two attached hydrogens (primary N) is 1. The zero-order valence-electron chi connectivity index (χ0n) is 70.6. The number of aliphatic hydroxyl groups is 1. The number of benzene rings is 1. The summed E-state index contributed by atoms with van der Waals surface area (Å²) in [6.07, 6.45) is 0.305. The van der Waals surface area contributed by atoms with E-state index < -0.39 is 253 Å². The molecule has 2 aromatic rings. The molecular weight excluding hydrogens is 1530 g/mol. The number of aromatic amines is 1. The molecule has 2 fully saturated rings. The van der Waals surface area contributed by atoms with Crippen molar-refractivity contribution >= 4 is 101 Å². The van der Waals surface area contributed by atoms with Gasteiger partial charge in [0.2, 0.25) is 82.7 Å². The van der Waals surface area contributed by atoms with Gasteiger partial charge in [-0.05, 0) is 106 Å². The molecule has 4 rings (SSSR count). The number of aromatic nitrogens is 2. The van der Waals surface area contributed by atoms with Crippen molar-refractivity contribution < 1.29 is 102 Å². The van der Waals surface area contributed by atoms with E-state index in [0.717, 1.165) is 11.8 Å². The van der Waals surface area contributed by atoms with E-state index >= 15 is 0 Å². The lowest BCUT2D eigenvalue weighted by Crippen LogP contribution is -2.63. The zero-order valence-corrected chi connectivity index (χ0v) is 70.6. The van der Waals surface area contributed by atoms with E-state index in [9.17, 15) is 102 Å². The number of amides is 14. The van der Waals surface area contributed by atoms with E-state index in [2.05, 4.69) is 73.8 Å². The van der Waals surface area contributed by atoms with Gasteiger partial charge in [0, 0.05) is 50.7 Å².